The van der Waals surface area contributed by atoms with Gasteiger partial charge in [-0.2, -0.15) is 0 Å². The van der Waals surface area contributed by atoms with Crippen molar-refractivity contribution in [3.8, 4) is 0 Å². The van der Waals surface area contributed by atoms with Crippen LogP contribution in [0.2, 0.25) is 0 Å². The Hall–Kier alpha value is -0.590. The van der Waals surface area contributed by atoms with Crippen LogP contribution in [-0.2, 0) is 4.79 Å². The topological polar surface area (TPSA) is 17.1 Å². The van der Waals surface area contributed by atoms with E-state index in [0.29, 0.717) is 0 Å². The molecule has 0 saturated carbocycles. The molecule has 0 N–H and O–H groups in total. The third-order valence-electron chi connectivity index (χ3n) is 0.235. The van der Waals surface area contributed by atoms with Gasteiger partial charge in [0.25, 0.3) is 0 Å². The lowest BCUT2D eigenvalue weighted by Gasteiger charge is -1.62. The summed E-state index contributed by atoms with van der Waals surface area (Å²) in [5.41, 5.74) is 0. The van der Waals surface area contributed by atoms with Gasteiger partial charge in [0.1, 0.15) is 0 Å². The van der Waals surface area contributed by atoms with Crippen molar-refractivity contribution in [2.45, 2.75) is 6.92 Å². The maximum atomic E-state index is 9.84. The molecule has 0 aromatic rings. The van der Waals surface area contributed by atoms with Crippen molar-refractivity contribution >= 4 is 5.78 Å². The highest BCUT2D eigenvalue weighted by Crippen LogP contribution is 1.60. The number of carbonyl (C=O) groups excluding carboxylic acids is 1. The van der Waals surface area contributed by atoms with Gasteiger partial charge in [0, 0.05) is 0 Å². The Morgan fingerprint density at radius 3 is 3.00 bits per heavy atom. The molecular formula is C4H6O. The van der Waals surface area contributed by atoms with Gasteiger partial charge in [-0.05, 0) is 13.0 Å². The van der Waals surface area contributed by atoms with Gasteiger partial charge in [0.05, 0.1) is 1.37 Å². The molecule has 0 saturated heterocycles. The molecule has 0 aliphatic carbocycles. The maximum absolute atomic E-state index is 9.84. The van der Waals surface area contributed by atoms with E-state index in [-0.39, 0.29) is 5.78 Å². The molecule has 0 heterocycles. The zero-order valence-electron chi connectivity index (χ0n) is 4.06. The summed E-state index contributed by atoms with van der Waals surface area (Å²) in [6.07, 6.45) is 1.19. The van der Waals surface area contributed by atoms with Crippen LogP contribution in [0.4, 0.5) is 0 Å². The van der Waals surface area contributed by atoms with E-state index in [1.165, 1.54) is 13.0 Å². The summed E-state index contributed by atoms with van der Waals surface area (Å²) in [7, 11) is 0. The minimum atomic E-state index is -0.0787. The Kier molecular flexibility index (Phi) is 0.898. The molecule has 0 atom stereocenters. The van der Waals surface area contributed by atoms with Crippen LogP contribution in [0.5, 0.6) is 0 Å². The third kappa shape index (κ3) is 3.41. The van der Waals surface area contributed by atoms with Crippen LogP contribution < -0.4 is 0 Å². The van der Waals surface area contributed by atoms with Crippen molar-refractivity contribution in [3.63, 3.8) is 0 Å². The molecule has 0 amide bonds. The van der Waals surface area contributed by atoms with E-state index >= 15 is 0 Å². The predicted octanol–water partition coefficient (Wildman–Crippen LogP) is 0.761. The zero-order valence-corrected chi connectivity index (χ0v) is 3.06. The van der Waals surface area contributed by atoms with Crippen molar-refractivity contribution in [1.82, 2.24) is 0 Å². The van der Waals surface area contributed by atoms with E-state index in [9.17, 15) is 4.79 Å². The van der Waals surface area contributed by atoms with Crippen molar-refractivity contribution < 1.29 is 6.17 Å². The highest BCUT2D eigenvalue weighted by atomic mass is 16.1. The summed E-state index contributed by atoms with van der Waals surface area (Å²) in [5.74, 6) is -0.0787. The van der Waals surface area contributed by atoms with Crippen molar-refractivity contribution in [3.05, 3.63) is 12.6 Å². The van der Waals surface area contributed by atoms with Crippen molar-refractivity contribution in [2.24, 2.45) is 0 Å². The second kappa shape index (κ2) is 1.70. The van der Waals surface area contributed by atoms with Crippen LogP contribution in [0.15, 0.2) is 12.6 Å². The minimum Gasteiger partial charge on any atom is -0.295 e. The fourth-order valence-corrected chi connectivity index (χ4v) is 0. The molecule has 5 heavy (non-hydrogen) atoms. The molecule has 1 heteroatoms. The summed E-state index contributed by atoms with van der Waals surface area (Å²) >= 11 is 0. The molecular weight excluding hydrogens is 64.0 g/mol. The Labute approximate surface area is 32.7 Å². The minimum absolute atomic E-state index is 0.0787. The Morgan fingerprint density at radius 1 is 2.40 bits per heavy atom. The molecule has 0 aliphatic heterocycles. The molecule has 0 unspecified atom stereocenters. The van der Waals surface area contributed by atoms with E-state index in [1.807, 2.05) is 0 Å². The van der Waals surface area contributed by atoms with Gasteiger partial charge in [0.2, 0.25) is 0 Å². The molecule has 0 aliphatic rings. The van der Waals surface area contributed by atoms with Crippen LogP contribution in [-0.4, -0.2) is 5.78 Å². The predicted molar refractivity (Wildman–Crippen MR) is 20.9 cm³/mol. The van der Waals surface area contributed by atoms with Crippen LogP contribution in [0.1, 0.15) is 8.29 Å². The third-order valence-corrected chi connectivity index (χ3v) is 0.235. The lowest BCUT2D eigenvalue weighted by atomic mass is 10.5. The summed E-state index contributed by atoms with van der Waals surface area (Å²) < 4.78 is 6.33. The summed E-state index contributed by atoms with van der Waals surface area (Å²) in [4.78, 5) is 9.84. The average Bonchev–Trinajstić information content (AvgIpc) is 1.35. The highest BCUT2D eigenvalue weighted by molar-refractivity contribution is 5.86. The normalized spacial score (nSPS) is 11.8. The Bertz CT molecular complexity index is 75.6. The van der Waals surface area contributed by atoms with Crippen molar-refractivity contribution in [1.29, 1.82) is 0 Å². The molecule has 0 aromatic carbocycles. The van der Waals surface area contributed by atoms with E-state index in [0.717, 1.165) is 6.55 Å². The average molecular weight is 72.1 g/mol. The largest absolute Gasteiger partial charge is 0.295 e. The molecule has 0 rings (SSSR count). The van der Waals surface area contributed by atoms with Gasteiger partial charge >= 0.3 is 0 Å². The summed E-state index contributed by atoms with van der Waals surface area (Å²) in [6, 6.07) is 0. The first-order valence-electron chi connectivity index (χ1n) is 1.90. The van der Waals surface area contributed by atoms with E-state index in [2.05, 4.69) is 0 Å². The highest BCUT2D eigenvalue weighted by Gasteiger charge is 1.69. The van der Waals surface area contributed by atoms with Gasteiger partial charge in [-0.25, -0.2) is 0 Å². The number of ketones is 1. The van der Waals surface area contributed by atoms with E-state index < -0.39 is 0 Å². The van der Waals surface area contributed by atoms with Crippen LogP contribution in [0, 0.1) is 0 Å². The van der Waals surface area contributed by atoms with E-state index in [1.54, 1.807) is 0 Å². The first-order chi connectivity index (χ1) is 2.77. The molecule has 28 valence electrons. The molecule has 0 radical (unpaired) electrons. The lowest BCUT2D eigenvalue weighted by molar-refractivity contribution is -0.112. The van der Waals surface area contributed by atoms with Crippen LogP contribution in [0.3, 0.4) is 0 Å². The quantitative estimate of drug-likeness (QED) is 0.418. The number of rotatable bonds is 1. The smallest absolute Gasteiger partial charge is 0.152 e. The standard InChI is InChI=1S/C4H6O/c1-3-4(2)5/h3H,1H2,2H3/i1T/b3-1+. The first kappa shape index (κ1) is 2.64. The molecule has 0 bridgehead atoms. The summed E-state index contributed by atoms with van der Waals surface area (Å²) in [6.45, 7) is 2.38. The molecule has 0 aromatic heterocycles. The lowest BCUT2D eigenvalue weighted by Crippen LogP contribution is -1.74. The molecule has 0 spiro atoms. The number of hydrogen-bond donors (Lipinski definition) is 0. The fourth-order valence-electron chi connectivity index (χ4n) is 0. The van der Waals surface area contributed by atoms with Crippen LogP contribution in [0.25, 0.3) is 0 Å². The fraction of sp³-hybridized carbons (Fsp3) is 0.250. The second-order valence-electron chi connectivity index (χ2n) is 0.777. The molecule has 0 fully saturated rings. The van der Waals surface area contributed by atoms with Gasteiger partial charge in [-0.15, -0.1) is 0 Å². The monoisotopic (exact) mass is 72.1 g/mol. The molecule has 1 nitrogen and oxygen atoms in total. The second-order valence-corrected chi connectivity index (χ2v) is 0.777. The first-order valence-corrected chi connectivity index (χ1v) is 1.33. The number of allylic oxidation sites excluding steroid dienone is 1. The van der Waals surface area contributed by atoms with Gasteiger partial charge < -0.3 is 0 Å². The van der Waals surface area contributed by atoms with E-state index in [4.69, 9.17) is 1.37 Å². The Balaban J connectivity index is 3.30. The maximum Gasteiger partial charge on any atom is 0.152 e. The summed E-state index contributed by atoms with van der Waals surface area (Å²) in [5, 5.41) is 0. The van der Waals surface area contributed by atoms with Gasteiger partial charge in [-0.1, -0.05) is 6.55 Å². The van der Waals surface area contributed by atoms with Crippen LogP contribution >= 0.6 is 0 Å². The van der Waals surface area contributed by atoms with Crippen molar-refractivity contribution in [2.75, 3.05) is 0 Å². The van der Waals surface area contributed by atoms with Gasteiger partial charge in [0.15, 0.2) is 5.78 Å². The number of carbonyl (C=O) groups is 1. The Morgan fingerprint density at radius 2 is 3.00 bits per heavy atom. The SMILES string of the molecule is [3H]/C=C/C(C)=O. The zero-order chi connectivity index (χ0) is 4.99. The number of hydrogen-bond acceptors (Lipinski definition) is 1. The van der Waals surface area contributed by atoms with Gasteiger partial charge in [-0.3, -0.25) is 4.79 Å².